The van der Waals surface area contributed by atoms with E-state index < -0.39 is 0 Å². The zero-order chi connectivity index (χ0) is 11.5. The number of rotatable bonds is 3. The molecule has 3 heteroatoms. The Morgan fingerprint density at radius 2 is 2.19 bits per heavy atom. The Balaban J connectivity index is 2.05. The quantitative estimate of drug-likeness (QED) is 0.875. The van der Waals surface area contributed by atoms with Crippen LogP contribution in [0.1, 0.15) is 24.8 Å². The van der Waals surface area contributed by atoms with E-state index in [4.69, 9.17) is 16.3 Å². The summed E-state index contributed by atoms with van der Waals surface area (Å²) < 4.78 is 5.99. The molecule has 1 aliphatic rings. The van der Waals surface area contributed by atoms with Crippen molar-refractivity contribution >= 4 is 11.6 Å². The fourth-order valence-corrected chi connectivity index (χ4v) is 2.38. The maximum Gasteiger partial charge on any atom is 0.120 e. The molecule has 2 atom stereocenters. The van der Waals surface area contributed by atoms with Gasteiger partial charge in [-0.2, -0.15) is 0 Å². The first-order valence-corrected chi connectivity index (χ1v) is 6.18. The molecule has 16 heavy (non-hydrogen) atoms. The van der Waals surface area contributed by atoms with Gasteiger partial charge in [0, 0.05) is 11.1 Å². The van der Waals surface area contributed by atoms with Crippen LogP contribution in [0.15, 0.2) is 18.2 Å². The molecule has 0 radical (unpaired) electrons. The minimum atomic E-state index is 0.297. The van der Waals surface area contributed by atoms with Gasteiger partial charge in [0.1, 0.15) is 11.9 Å². The Labute approximate surface area is 102 Å². The summed E-state index contributed by atoms with van der Waals surface area (Å²) in [5, 5.41) is 4.10. The molecule has 2 rings (SSSR count). The highest BCUT2D eigenvalue weighted by atomic mass is 35.5. The Morgan fingerprint density at radius 1 is 1.38 bits per heavy atom. The van der Waals surface area contributed by atoms with E-state index in [0.717, 1.165) is 22.8 Å². The number of hydrogen-bond acceptors (Lipinski definition) is 2. The van der Waals surface area contributed by atoms with E-state index >= 15 is 0 Å². The summed E-state index contributed by atoms with van der Waals surface area (Å²) in [6.45, 7) is 2.00. The van der Waals surface area contributed by atoms with Gasteiger partial charge in [-0.1, -0.05) is 11.6 Å². The van der Waals surface area contributed by atoms with Gasteiger partial charge in [-0.05, 0) is 57.0 Å². The van der Waals surface area contributed by atoms with Crippen LogP contribution >= 0.6 is 11.6 Å². The molecule has 0 saturated heterocycles. The van der Waals surface area contributed by atoms with Gasteiger partial charge in [-0.15, -0.1) is 0 Å². The summed E-state index contributed by atoms with van der Waals surface area (Å²) >= 11 is 5.99. The first kappa shape index (κ1) is 11.7. The molecule has 1 aromatic rings. The molecule has 0 heterocycles. The second-order valence-electron chi connectivity index (χ2n) is 4.39. The van der Waals surface area contributed by atoms with Gasteiger partial charge in [0.05, 0.1) is 0 Å². The minimum Gasteiger partial charge on any atom is -0.489 e. The summed E-state index contributed by atoms with van der Waals surface area (Å²) in [6.07, 6.45) is 3.87. The van der Waals surface area contributed by atoms with Crippen molar-refractivity contribution in [2.75, 3.05) is 7.05 Å². The molecule has 0 amide bonds. The van der Waals surface area contributed by atoms with E-state index in [2.05, 4.69) is 5.32 Å². The predicted octanol–water partition coefficient (Wildman–Crippen LogP) is 3.17. The van der Waals surface area contributed by atoms with E-state index in [-0.39, 0.29) is 0 Å². The van der Waals surface area contributed by atoms with Crippen molar-refractivity contribution in [2.24, 2.45) is 0 Å². The molecular formula is C13H18ClNO. The topological polar surface area (TPSA) is 21.3 Å². The number of hydrogen-bond donors (Lipinski definition) is 1. The fourth-order valence-electron chi connectivity index (χ4n) is 2.26. The molecule has 0 bridgehead atoms. The first-order valence-electron chi connectivity index (χ1n) is 5.81. The third-order valence-corrected chi connectivity index (χ3v) is 3.66. The number of halogens is 1. The van der Waals surface area contributed by atoms with Crippen molar-refractivity contribution in [3.63, 3.8) is 0 Å². The fraction of sp³-hybridized carbons (Fsp3) is 0.538. The van der Waals surface area contributed by atoms with Crippen LogP contribution in [0.25, 0.3) is 0 Å². The van der Waals surface area contributed by atoms with E-state index in [1.165, 1.54) is 12.8 Å². The number of ether oxygens (including phenoxy) is 1. The molecule has 1 fully saturated rings. The summed E-state index contributed by atoms with van der Waals surface area (Å²) in [4.78, 5) is 0. The maximum atomic E-state index is 5.99. The molecule has 0 aliphatic heterocycles. The standard InChI is InChI=1S/C13H18ClNO/c1-9-8-10(6-7-11(9)14)16-13-5-3-4-12(13)15-2/h6-8,12-13,15H,3-5H2,1-2H3. The highest BCUT2D eigenvalue weighted by Gasteiger charge is 2.27. The Morgan fingerprint density at radius 3 is 2.88 bits per heavy atom. The minimum absolute atomic E-state index is 0.297. The van der Waals surface area contributed by atoms with Crippen LogP contribution in [-0.4, -0.2) is 19.2 Å². The zero-order valence-corrected chi connectivity index (χ0v) is 10.6. The van der Waals surface area contributed by atoms with Gasteiger partial charge < -0.3 is 10.1 Å². The third-order valence-electron chi connectivity index (χ3n) is 3.24. The normalized spacial score (nSPS) is 24.7. The summed E-state index contributed by atoms with van der Waals surface area (Å²) in [5.74, 6) is 0.925. The first-order chi connectivity index (χ1) is 7.70. The second-order valence-corrected chi connectivity index (χ2v) is 4.80. The number of benzene rings is 1. The third kappa shape index (κ3) is 2.50. The zero-order valence-electron chi connectivity index (χ0n) is 9.79. The maximum absolute atomic E-state index is 5.99. The predicted molar refractivity (Wildman–Crippen MR) is 67.3 cm³/mol. The molecule has 2 nitrogen and oxygen atoms in total. The van der Waals surface area contributed by atoms with Crippen molar-refractivity contribution in [2.45, 2.75) is 38.3 Å². The Kier molecular flexibility index (Phi) is 3.72. The monoisotopic (exact) mass is 239 g/mol. The van der Waals surface area contributed by atoms with Crippen molar-refractivity contribution < 1.29 is 4.74 Å². The highest BCUT2D eigenvalue weighted by molar-refractivity contribution is 6.31. The van der Waals surface area contributed by atoms with Crippen LogP contribution in [0.3, 0.4) is 0 Å². The van der Waals surface area contributed by atoms with Crippen LogP contribution in [0, 0.1) is 6.92 Å². The Hall–Kier alpha value is -0.730. The van der Waals surface area contributed by atoms with Crippen LogP contribution in [0.5, 0.6) is 5.75 Å². The average molecular weight is 240 g/mol. The SMILES string of the molecule is CNC1CCCC1Oc1ccc(Cl)c(C)c1. The summed E-state index contributed by atoms with van der Waals surface area (Å²) in [6, 6.07) is 6.33. The molecule has 0 spiro atoms. The van der Waals surface area contributed by atoms with Crippen molar-refractivity contribution in [1.29, 1.82) is 0 Å². The molecule has 1 saturated carbocycles. The van der Waals surface area contributed by atoms with Gasteiger partial charge >= 0.3 is 0 Å². The lowest BCUT2D eigenvalue weighted by molar-refractivity contribution is 0.179. The molecule has 0 aromatic heterocycles. The molecule has 88 valence electrons. The number of likely N-dealkylation sites (N-methyl/N-ethyl adjacent to an activating group) is 1. The number of aryl methyl sites for hydroxylation is 1. The second kappa shape index (κ2) is 5.07. The molecule has 2 unspecified atom stereocenters. The summed E-state index contributed by atoms with van der Waals surface area (Å²) in [7, 11) is 2.00. The van der Waals surface area contributed by atoms with Gasteiger partial charge in [0.15, 0.2) is 0 Å². The van der Waals surface area contributed by atoms with E-state index in [1.807, 2.05) is 32.2 Å². The Bertz CT molecular complexity index is 367. The number of nitrogens with one attached hydrogen (secondary N) is 1. The van der Waals surface area contributed by atoms with E-state index in [1.54, 1.807) is 0 Å². The van der Waals surface area contributed by atoms with Gasteiger partial charge in [0.2, 0.25) is 0 Å². The van der Waals surface area contributed by atoms with Crippen LogP contribution in [0.4, 0.5) is 0 Å². The van der Waals surface area contributed by atoms with Crippen molar-refractivity contribution in [3.05, 3.63) is 28.8 Å². The molecule has 1 aliphatic carbocycles. The summed E-state index contributed by atoms with van der Waals surface area (Å²) in [5.41, 5.74) is 1.07. The van der Waals surface area contributed by atoms with E-state index in [9.17, 15) is 0 Å². The van der Waals surface area contributed by atoms with Crippen molar-refractivity contribution in [3.8, 4) is 5.75 Å². The lowest BCUT2D eigenvalue weighted by Gasteiger charge is -2.21. The van der Waals surface area contributed by atoms with Gasteiger partial charge in [-0.25, -0.2) is 0 Å². The van der Waals surface area contributed by atoms with E-state index in [0.29, 0.717) is 12.1 Å². The largest absolute Gasteiger partial charge is 0.489 e. The lowest BCUT2D eigenvalue weighted by atomic mass is 10.2. The molecular weight excluding hydrogens is 222 g/mol. The van der Waals surface area contributed by atoms with Crippen molar-refractivity contribution in [1.82, 2.24) is 5.32 Å². The van der Waals surface area contributed by atoms with Crippen LogP contribution < -0.4 is 10.1 Å². The van der Waals surface area contributed by atoms with Gasteiger partial charge in [0.25, 0.3) is 0 Å². The lowest BCUT2D eigenvalue weighted by Crippen LogP contribution is -2.36. The van der Waals surface area contributed by atoms with Crippen LogP contribution in [-0.2, 0) is 0 Å². The average Bonchev–Trinajstić information content (AvgIpc) is 2.71. The molecule has 1 N–H and O–H groups in total. The van der Waals surface area contributed by atoms with Gasteiger partial charge in [-0.3, -0.25) is 0 Å². The smallest absolute Gasteiger partial charge is 0.120 e. The molecule has 1 aromatic carbocycles. The highest BCUT2D eigenvalue weighted by Crippen LogP contribution is 2.27. The van der Waals surface area contributed by atoms with Crippen LogP contribution in [0.2, 0.25) is 5.02 Å².